The van der Waals surface area contributed by atoms with Gasteiger partial charge in [0.05, 0.1) is 18.4 Å². The summed E-state index contributed by atoms with van der Waals surface area (Å²) < 4.78 is 49.0. The predicted octanol–water partition coefficient (Wildman–Crippen LogP) is 2.10. The van der Waals surface area contributed by atoms with Crippen molar-refractivity contribution >= 4 is 17.7 Å². The number of carbonyl (C=O) groups is 3. The first-order valence-electron chi connectivity index (χ1n) is 13.9. The number of alkyl halides is 1. The van der Waals surface area contributed by atoms with Gasteiger partial charge in [-0.15, -0.1) is 0 Å². The van der Waals surface area contributed by atoms with Crippen LogP contribution in [0, 0.1) is 28.5 Å². The zero-order chi connectivity index (χ0) is 30.6. The van der Waals surface area contributed by atoms with Crippen LogP contribution in [-0.2, 0) is 23.8 Å². The largest absolute Gasteiger partial charge is 0.441 e. The second kappa shape index (κ2) is 8.87. The number of carbonyl (C=O) groups excluding carboxylic acids is 3. The Morgan fingerprint density at radius 3 is 2.62 bits per heavy atom. The summed E-state index contributed by atoms with van der Waals surface area (Å²) in [4.78, 5) is 63.7. The second-order valence-corrected chi connectivity index (χ2v) is 12.9. The van der Waals surface area contributed by atoms with Crippen molar-refractivity contribution in [2.45, 2.75) is 82.6 Å². The first-order valence-corrected chi connectivity index (χ1v) is 13.9. The van der Waals surface area contributed by atoms with Crippen molar-refractivity contribution < 1.29 is 42.5 Å². The quantitative estimate of drug-likeness (QED) is 0.539. The number of aliphatic hydroxyl groups is 1. The molecular formula is C29H32F2N2O9. The zero-order valence-electron chi connectivity index (χ0n) is 23.6. The van der Waals surface area contributed by atoms with E-state index in [1.54, 1.807) is 32.7 Å². The first kappa shape index (κ1) is 28.8. The molecule has 0 spiro atoms. The molecule has 226 valence electrons. The van der Waals surface area contributed by atoms with Crippen molar-refractivity contribution in [2.24, 2.45) is 22.7 Å². The van der Waals surface area contributed by atoms with Crippen LogP contribution in [-0.4, -0.2) is 68.2 Å². The van der Waals surface area contributed by atoms with Gasteiger partial charge in [-0.2, -0.15) is 4.39 Å². The van der Waals surface area contributed by atoms with Gasteiger partial charge in [-0.3, -0.25) is 19.4 Å². The Kier molecular flexibility index (Phi) is 6.08. The number of hydrogen-bond acceptors (Lipinski definition) is 9. The Morgan fingerprint density at radius 2 is 1.90 bits per heavy atom. The van der Waals surface area contributed by atoms with Crippen LogP contribution in [0.5, 0.6) is 0 Å². The number of ether oxygens (including phenoxy) is 3. The first-order chi connectivity index (χ1) is 19.5. The molecule has 11 nitrogen and oxygen atoms in total. The maximum Gasteiger partial charge on any atom is 0.422 e. The fourth-order valence-corrected chi connectivity index (χ4v) is 8.70. The van der Waals surface area contributed by atoms with Crippen LogP contribution in [0.2, 0.25) is 0 Å². The molecule has 4 aliphatic carbocycles. The topological polar surface area (TPSA) is 154 Å². The third-order valence-electron chi connectivity index (χ3n) is 10.5. The fourth-order valence-electron chi connectivity index (χ4n) is 8.70. The highest BCUT2D eigenvalue weighted by Gasteiger charge is 2.80. The number of fused-ring (bicyclic) bond motifs is 7. The van der Waals surface area contributed by atoms with E-state index in [-0.39, 0.29) is 23.2 Å². The van der Waals surface area contributed by atoms with E-state index in [4.69, 9.17) is 14.2 Å². The number of rotatable bonds is 3. The van der Waals surface area contributed by atoms with Gasteiger partial charge in [-0.25, -0.2) is 18.5 Å². The number of nitrogens with zero attached hydrogens (tertiary/aromatic N) is 1. The average Bonchev–Trinajstić information content (AvgIpc) is 3.31. The van der Waals surface area contributed by atoms with E-state index in [0.29, 0.717) is 24.6 Å². The summed E-state index contributed by atoms with van der Waals surface area (Å²) in [6, 6.07) is 0. The number of aromatic nitrogens is 2. The summed E-state index contributed by atoms with van der Waals surface area (Å²) in [7, 11) is 0. The highest BCUT2D eigenvalue weighted by atomic mass is 19.1. The molecule has 0 bridgehead atoms. The minimum Gasteiger partial charge on any atom is -0.441 e. The number of Topliss-reactive ketones (excluding diaryl/α,β-unsaturated/α-hetero) is 1. The van der Waals surface area contributed by atoms with Gasteiger partial charge in [0.25, 0.3) is 5.56 Å². The molecule has 4 fully saturated rings. The SMILES string of the molecule is CC1(C)OC2CC3C4CCC5=CC(=O)C=CC5(C)C4(F)C(O)CC3(C)C2(C(=O)COC(=O)n2cc(F)c(=O)[nH]c2=O)O1. The van der Waals surface area contributed by atoms with Crippen LogP contribution < -0.4 is 11.2 Å². The Morgan fingerprint density at radius 1 is 1.19 bits per heavy atom. The van der Waals surface area contributed by atoms with Crippen molar-refractivity contribution in [3.8, 4) is 0 Å². The van der Waals surface area contributed by atoms with Crippen LogP contribution in [0.4, 0.5) is 13.6 Å². The van der Waals surface area contributed by atoms with Crippen LogP contribution >= 0.6 is 0 Å². The Bertz CT molecular complexity index is 1600. The van der Waals surface area contributed by atoms with Gasteiger partial charge in [0.15, 0.2) is 29.4 Å². The highest BCUT2D eigenvalue weighted by molar-refractivity contribution is 6.01. The summed E-state index contributed by atoms with van der Waals surface area (Å²) in [6.07, 6.45) is 1.64. The molecule has 6 rings (SSSR count). The summed E-state index contributed by atoms with van der Waals surface area (Å²) in [5.74, 6) is -4.81. The number of hydrogen-bond donors (Lipinski definition) is 2. The van der Waals surface area contributed by atoms with Crippen molar-refractivity contribution in [1.29, 1.82) is 0 Å². The molecular weight excluding hydrogens is 558 g/mol. The molecule has 42 heavy (non-hydrogen) atoms. The number of halogens is 2. The lowest BCUT2D eigenvalue weighted by Gasteiger charge is -2.62. The number of allylic oxidation sites excluding steroid dienone is 4. The number of ketones is 2. The van der Waals surface area contributed by atoms with Crippen LogP contribution in [0.25, 0.3) is 0 Å². The summed E-state index contributed by atoms with van der Waals surface area (Å²) in [6.45, 7) is 5.78. The molecule has 2 N–H and O–H groups in total. The third-order valence-corrected chi connectivity index (χ3v) is 10.5. The predicted molar refractivity (Wildman–Crippen MR) is 140 cm³/mol. The van der Waals surface area contributed by atoms with E-state index >= 15 is 4.39 Å². The Hall–Kier alpha value is -3.29. The van der Waals surface area contributed by atoms with E-state index in [0.717, 1.165) is 0 Å². The zero-order valence-corrected chi connectivity index (χ0v) is 23.6. The minimum atomic E-state index is -2.14. The van der Waals surface area contributed by atoms with Gasteiger partial charge in [-0.05, 0) is 64.5 Å². The van der Waals surface area contributed by atoms with E-state index < -0.39 is 87.5 Å². The molecule has 2 heterocycles. The minimum absolute atomic E-state index is 0.185. The average molecular weight is 591 g/mol. The van der Waals surface area contributed by atoms with E-state index in [1.807, 2.05) is 0 Å². The summed E-state index contributed by atoms with van der Waals surface area (Å²) in [5.41, 5.74) is -8.23. The van der Waals surface area contributed by atoms with Gasteiger partial charge in [0, 0.05) is 16.7 Å². The summed E-state index contributed by atoms with van der Waals surface area (Å²) in [5, 5.41) is 11.6. The molecule has 8 unspecified atom stereocenters. The molecule has 0 amide bonds. The van der Waals surface area contributed by atoms with Crippen LogP contribution in [0.1, 0.15) is 53.4 Å². The Balaban J connectivity index is 1.35. The fraction of sp³-hybridized carbons (Fsp3) is 0.621. The maximum atomic E-state index is 17.5. The number of nitrogens with one attached hydrogen (secondary N) is 1. The molecule has 1 aromatic rings. The lowest BCUT2D eigenvalue weighted by atomic mass is 9.44. The van der Waals surface area contributed by atoms with E-state index in [1.165, 1.54) is 18.2 Å². The van der Waals surface area contributed by atoms with Gasteiger partial charge >= 0.3 is 11.8 Å². The van der Waals surface area contributed by atoms with Crippen molar-refractivity contribution in [2.75, 3.05) is 6.61 Å². The summed E-state index contributed by atoms with van der Waals surface area (Å²) >= 11 is 0. The normalized spacial score (nSPS) is 41.3. The molecule has 13 heteroatoms. The smallest absolute Gasteiger partial charge is 0.422 e. The molecule has 0 radical (unpaired) electrons. The lowest BCUT2D eigenvalue weighted by molar-refractivity contribution is -0.246. The molecule has 0 aromatic carbocycles. The molecule has 1 aromatic heterocycles. The van der Waals surface area contributed by atoms with Crippen molar-refractivity contribution in [3.63, 3.8) is 0 Å². The molecule has 1 saturated heterocycles. The monoisotopic (exact) mass is 590 g/mol. The molecule has 8 atom stereocenters. The Labute approximate surface area is 238 Å². The molecule has 1 aliphatic heterocycles. The standard InChI is InChI=1S/C29H32F2N2O9/c1-25(2)41-21-10-17-16-6-5-14-9-15(34)7-8-26(14,3)28(16,31)19(35)11-27(17,4)29(21,42-25)20(36)13-40-24(39)33-12-18(30)22(37)32-23(33)38/h7-9,12,16-17,19,21,35H,5-6,10-11,13H2,1-4H3,(H,32,37,38). The highest BCUT2D eigenvalue weighted by Crippen LogP contribution is 2.72. The molecule has 3 saturated carbocycles. The third kappa shape index (κ3) is 3.56. The van der Waals surface area contributed by atoms with Gasteiger partial charge in [0.2, 0.25) is 11.6 Å². The van der Waals surface area contributed by atoms with E-state index in [9.17, 15) is 33.5 Å². The van der Waals surface area contributed by atoms with Crippen LogP contribution in [0.15, 0.2) is 39.6 Å². The van der Waals surface area contributed by atoms with Gasteiger partial charge in [0.1, 0.15) is 0 Å². The van der Waals surface area contributed by atoms with Crippen molar-refractivity contribution in [1.82, 2.24) is 9.55 Å². The second-order valence-electron chi connectivity index (χ2n) is 12.9. The number of aliphatic hydroxyl groups excluding tert-OH is 1. The van der Waals surface area contributed by atoms with Crippen LogP contribution in [0.3, 0.4) is 0 Å². The number of H-pyrrole nitrogens is 1. The van der Waals surface area contributed by atoms with Gasteiger partial charge < -0.3 is 19.3 Å². The van der Waals surface area contributed by atoms with Crippen molar-refractivity contribution in [3.05, 3.63) is 56.7 Å². The lowest BCUT2D eigenvalue weighted by Crippen LogP contribution is -2.70. The maximum absolute atomic E-state index is 17.5. The molecule has 5 aliphatic rings. The van der Waals surface area contributed by atoms with E-state index in [2.05, 4.69) is 0 Å². The van der Waals surface area contributed by atoms with Gasteiger partial charge in [-0.1, -0.05) is 18.6 Å². The number of aromatic amines is 1.